The maximum Gasteiger partial charge on any atom is 0.255 e. The van der Waals surface area contributed by atoms with E-state index in [1.165, 1.54) is 0 Å². The molecule has 0 aliphatic carbocycles. The lowest BCUT2D eigenvalue weighted by atomic mass is 10.5. The summed E-state index contributed by atoms with van der Waals surface area (Å²) in [6.07, 6.45) is 2.09. The van der Waals surface area contributed by atoms with Crippen molar-refractivity contribution >= 4 is 5.95 Å². The van der Waals surface area contributed by atoms with Gasteiger partial charge in [-0.15, -0.1) is 0 Å². The van der Waals surface area contributed by atoms with Gasteiger partial charge in [-0.3, -0.25) is 0 Å². The largest absolute Gasteiger partial charge is 0.474 e. The van der Waals surface area contributed by atoms with Crippen LogP contribution in [0.3, 0.4) is 0 Å². The van der Waals surface area contributed by atoms with Gasteiger partial charge in [0.25, 0.3) is 5.88 Å². The van der Waals surface area contributed by atoms with Crippen molar-refractivity contribution in [3.63, 3.8) is 0 Å². The van der Waals surface area contributed by atoms with Gasteiger partial charge in [0.1, 0.15) is 6.61 Å². The van der Waals surface area contributed by atoms with Crippen molar-refractivity contribution in [2.45, 2.75) is 27.2 Å². The van der Waals surface area contributed by atoms with Gasteiger partial charge in [0.05, 0.1) is 6.20 Å². The molecule has 19 heavy (non-hydrogen) atoms. The van der Waals surface area contributed by atoms with Crippen molar-refractivity contribution in [1.82, 2.24) is 14.9 Å². The number of nitrogens with zero attached hydrogens (tertiary/aromatic N) is 3. The fourth-order valence-corrected chi connectivity index (χ4v) is 1.59. The lowest BCUT2D eigenvalue weighted by molar-refractivity contribution is 0.211. The summed E-state index contributed by atoms with van der Waals surface area (Å²) in [6, 6.07) is 0. The van der Waals surface area contributed by atoms with Gasteiger partial charge < -0.3 is 15.0 Å². The highest BCUT2D eigenvalue weighted by molar-refractivity contribution is 5.28. The van der Waals surface area contributed by atoms with Crippen molar-refractivity contribution in [2.75, 3.05) is 38.1 Å². The van der Waals surface area contributed by atoms with E-state index in [2.05, 4.69) is 34.0 Å². The molecule has 6 heteroatoms. The normalized spacial score (nSPS) is 10.8. The van der Waals surface area contributed by atoms with Crippen LogP contribution in [0.4, 0.5) is 10.3 Å². The summed E-state index contributed by atoms with van der Waals surface area (Å²) >= 11 is 0. The molecule has 0 amide bonds. The van der Waals surface area contributed by atoms with Gasteiger partial charge in [-0.05, 0) is 19.5 Å². The maximum atomic E-state index is 13.5. The van der Waals surface area contributed by atoms with Gasteiger partial charge in [0.2, 0.25) is 11.8 Å². The maximum absolute atomic E-state index is 13.5. The van der Waals surface area contributed by atoms with Crippen molar-refractivity contribution in [3.05, 3.63) is 12.0 Å². The highest BCUT2D eigenvalue weighted by Gasteiger charge is 2.08. The lowest BCUT2D eigenvalue weighted by Gasteiger charge is -2.17. The molecule has 0 aromatic carbocycles. The Morgan fingerprint density at radius 1 is 1.32 bits per heavy atom. The molecule has 0 atom stereocenters. The number of hydrogen-bond donors (Lipinski definition) is 1. The van der Waals surface area contributed by atoms with Crippen LogP contribution in [-0.2, 0) is 0 Å². The summed E-state index contributed by atoms with van der Waals surface area (Å²) in [5.74, 6) is -0.108. The molecule has 0 fully saturated rings. The highest BCUT2D eigenvalue weighted by atomic mass is 19.1. The van der Waals surface area contributed by atoms with Crippen LogP contribution in [0, 0.1) is 5.82 Å². The molecular weight excluding hydrogens is 247 g/mol. The number of rotatable bonds is 9. The first-order valence-corrected chi connectivity index (χ1v) is 6.82. The number of halogens is 1. The van der Waals surface area contributed by atoms with E-state index in [9.17, 15) is 4.39 Å². The summed E-state index contributed by atoms with van der Waals surface area (Å²) < 4.78 is 18.9. The number of hydrogen-bond acceptors (Lipinski definition) is 5. The molecule has 1 heterocycles. The lowest BCUT2D eigenvalue weighted by Crippen LogP contribution is -2.28. The fourth-order valence-electron chi connectivity index (χ4n) is 1.59. The Bertz CT molecular complexity index is 372. The summed E-state index contributed by atoms with van der Waals surface area (Å²) in [4.78, 5) is 10.1. The standard InChI is InChI=1S/C13H23FN4O/c1-4-7-15-13-16-10-11(14)12(17-13)19-9-8-18(5-2)6-3/h10H,4-9H2,1-3H3,(H,15,16,17). The Kier molecular flexibility index (Phi) is 7.10. The molecule has 0 saturated heterocycles. The van der Waals surface area contributed by atoms with Gasteiger partial charge in [0, 0.05) is 13.1 Å². The molecule has 1 N–H and O–H groups in total. The first-order valence-electron chi connectivity index (χ1n) is 6.82. The second-order valence-corrected chi connectivity index (χ2v) is 4.15. The third kappa shape index (κ3) is 5.38. The molecule has 0 bridgehead atoms. The van der Waals surface area contributed by atoms with Gasteiger partial charge in [-0.2, -0.15) is 9.37 Å². The van der Waals surface area contributed by atoms with Crippen LogP contribution in [0.15, 0.2) is 6.20 Å². The van der Waals surface area contributed by atoms with Gasteiger partial charge in [-0.25, -0.2) is 4.98 Å². The molecule has 0 radical (unpaired) electrons. The second kappa shape index (κ2) is 8.63. The fraction of sp³-hybridized carbons (Fsp3) is 0.692. The average molecular weight is 270 g/mol. The van der Waals surface area contributed by atoms with Crippen LogP contribution >= 0.6 is 0 Å². The van der Waals surface area contributed by atoms with Crippen molar-refractivity contribution in [1.29, 1.82) is 0 Å². The molecular formula is C13H23FN4O. The van der Waals surface area contributed by atoms with Crippen molar-refractivity contribution in [3.8, 4) is 5.88 Å². The minimum absolute atomic E-state index is 0.0146. The number of aromatic nitrogens is 2. The van der Waals surface area contributed by atoms with E-state index in [-0.39, 0.29) is 5.88 Å². The molecule has 0 saturated carbocycles. The predicted octanol–water partition coefficient (Wildman–Crippen LogP) is 2.16. The van der Waals surface area contributed by atoms with E-state index >= 15 is 0 Å². The molecule has 1 aromatic rings. The van der Waals surface area contributed by atoms with Crippen LogP contribution in [0.5, 0.6) is 5.88 Å². The number of likely N-dealkylation sites (N-methyl/N-ethyl adjacent to an activating group) is 1. The summed E-state index contributed by atoms with van der Waals surface area (Å²) in [5.41, 5.74) is 0. The zero-order chi connectivity index (χ0) is 14.1. The number of anilines is 1. The average Bonchev–Trinajstić information content (AvgIpc) is 2.44. The second-order valence-electron chi connectivity index (χ2n) is 4.15. The van der Waals surface area contributed by atoms with E-state index < -0.39 is 5.82 Å². The monoisotopic (exact) mass is 270 g/mol. The topological polar surface area (TPSA) is 50.3 Å². The first kappa shape index (κ1) is 15.6. The molecule has 5 nitrogen and oxygen atoms in total. The molecule has 0 aliphatic heterocycles. The van der Waals surface area contributed by atoms with E-state index in [4.69, 9.17) is 4.74 Å². The van der Waals surface area contributed by atoms with Crippen LogP contribution in [-0.4, -0.2) is 47.7 Å². The van der Waals surface area contributed by atoms with Gasteiger partial charge >= 0.3 is 0 Å². The van der Waals surface area contributed by atoms with E-state index in [0.717, 1.165) is 38.8 Å². The zero-order valence-corrected chi connectivity index (χ0v) is 11.9. The Balaban J connectivity index is 2.51. The Morgan fingerprint density at radius 2 is 2.05 bits per heavy atom. The molecule has 0 unspecified atom stereocenters. The van der Waals surface area contributed by atoms with E-state index in [0.29, 0.717) is 12.6 Å². The Morgan fingerprint density at radius 3 is 2.68 bits per heavy atom. The van der Waals surface area contributed by atoms with Crippen LogP contribution in [0.25, 0.3) is 0 Å². The smallest absolute Gasteiger partial charge is 0.255 e. The Labute approximate surface area is 114 Å². The molecule has 0 aliphatic rings. The third-order valence-electron chi connectivity index (χ3n) is 2.79. The van der Waals surface area contributed by atoms with Crippen LogP contribution in [0.2, 0.25) is 0 Å². The summed E-state index contributed by atoms with van der Waals surface area (Å²) in [5, 5.41) is 3.00. The zero-order valence-electron chi connectivity index (χ0n) is 11.9. The number of ether oxygens (including phenoxy) is 1. The van der Waals surface area contributed by atoms with Crippen LogP contribution < -0.4 is 10.1 Å². The predicted molar refractivity (Wildman–Crippen MR) is 74.1 cm³/mol. The SMILES string of the molecule is CCCNc1ncc(F)c(OCCN(CC)CC)n1. The highest BCUT2D eigenvalue weighted by Crippen LogP contribution is 2.14. The summed E-state index contributed by atoms with van der Waals surface area (Å²) in [6.45, 7) is 10.0. The number of nitrogens with one attached hydrogen (secondary N) is 1. The molecule has 108 valence electrons. The molecule has 1 rings (SSSR count). The molecule has 1 aromatic heterocycles. The van der Waals surface area contributed by atoms with E-state index in [1.54, 1.807) is 0 Å². The van der Waals surface area contributed by atoms with Crippen molar-refractivity contribution in [2.24, 2.45) is 0 Å². The van der Waals surface area contributed by atoms with Gasteiger partial charge in [-0.1, -0.05) is 20.8 Å². The first-order chi connectivity index (χ1) is 9.21. The van der Waals surface area contributed by atoms with Crippen LogP contribution in [0.1, 0.15) is 27.2 Å². The van der Waals surface area contributed by atoms with E-state index in [1.807, 2.05) is 6.92 Å². The minimum Gasteiger partial charge on any atom is -0.474 e. The summed E-state index contributed by atoms with van der Waals surface area (Å²) in [7, 11) is 0. The van der Waals surface area contributed by atoms with Crippen molar-refractivity contribution < 1.29 is 9.13 Å². The molecule has 0 spiro atoms. The third-order valence-corrected chi connectivity index (χ3v) is 2.79. The quantitative estimate of drug-likeness (QED) is 0.745. The Hall–Kier alpha value is -1.43. The minimum atomic E-state index is -0.526. The van der Waals surface area contributed by atoms with Gasteiger partial charge in [0.15, 0.2) is 0 Å².